The number of hydrogen-bond acceptors (Lipinski definition) is 6. The first kappa shape index (κ1) is 20.3. The van der Waals surface area contributed by atoms with Gasteiger partial charge in [-0.2, -0.15) is 0 Å². The summed E-state index contributed by atoms with van der Waals surface area (Å²) >= 11 is 5.99. The lowest BCUT2D eigenvalue weighted by molar-refractivity contribution is -0.116. The highest BCUT2D eigenvalue weighted by Crippen LogP contribution is 2.27. The molecule has 2 aromatic heterocycles. The number of aromatic nitrogens is 2. The van der Waals surface area contributed by atoms with E-state index in [0.717, 1.165) is 0 Å². The molecule has 0 fully saturated rings. The summed E-state index contributed by atoms with van der Waals surface area (Å²) in [6.07, 6.45) is 1.28. The Hall–Kier alpha value is -3.39. The van der Waals surface area contributed by atoms with Crippen LogP contribution in [0.25, 0.3) is 11.0 Å². The van der Waals surface area contributed by atoms with Crippen LogP contribution in [-0.2, 0) is 16.1 Å². The summed E-state index contributed by atoms with van der Waals surface area (Å²) in [7, 11) is 2.66. The van der Waals surface area contributed by atoms with E-state index in [1.165, 1.54) is 25.0 Å². The van der Waals surface area contributed by atoms with Crippen LogP contribution in [0, 0.1) is 6.92 Å². The Morgan fingerprint density at radius 3 is 2.66 bits per heavy atom. The second-order valence-corrected chi connectivity index (χ2v) is 6.64. The van der Waals surface area contributed by atoms with Gasteiger partial charge in [-0.1, -0.05) is 11.6 Å². The van der Waals surface area contributed by atoms with Gasteiger partial charge in [-0.25, -0.2) is 9.78 Å². The highest BCUT2D eigenvalue weighted by atomic mass is 35.5. The van der Waals surface area contributed by atoms with Crippen molar-refractivity contribution < 1.29 is 19.1 Å². The van der Waals surface area contributed by atoms with Gasteiger partial charge in [-0.3, -0.25) is 9.59 Å². The maximum Gasteiger partial charge on any atom is 0.343 e. The second-order valence-electron chi connectivity index (χ2n) is 6.21. The summed E-state index contributed by atoms with van der Waals surface area (Å²) in [6, 6.07) is 8.06. The van der Waals surface area contributed by atoms with Gasteiger partial charge in [0.05, 0.1) is 25.3 Å². The normalized spacial score (nSPS) is 10.6. The minimum atomic E-state index is -0.789. The molecule has 29 heavy (non-hydrogen) atoms. The molecule has 2 heterocycles. The first-order chi connectivity index (χ1) is 13.8. The number of anilines is 1. The predicted octanol–water partition coefficient (Wildman–Crippen LogP) is 2.79. The summed E-state index contributed by atoms with van der Waals surface area (Å²) in [6.45, 7) is 1.56. The first-order valence-electron chi connectivity index (χ1n) is 8.56. The van der Waals surface area contributed by atoms with Gasteiger partial charge in [0.15, 0.2) is 0 Å². The molecule has 0 aliphatic rings. The zero-order valence-electron chi connectivity index (χ0n) is 16.0. The molecule has 8 nitrogen and oxygen atoms in total. The summed E-state index contributed by atoms with van der Waals surface area (Å²) in [5, 5.41) is 3.36. The second kappa shape index (κ2) is 8.32. The third kappa shape index (κ3) is 4.22. The lowest BCUT2D eigenvalue weighted by Gasteiger charge is -2.14. The number of rotatable bonds is 5. The van der Waals surface area contributed by atoms with Crippen LogP contribution in [0.15, 0.2) is 41.3 Å². The monoisotopic (exact) mass is 415 g/mol. The molecule has 1 N–H and O–H groups in total. The Bertz CT molecular complexity index is 1170. The molecule has 150 valence electrons. The Kier molecular flexibility index (Phi) is 5.84. The summed E-state index contributed by atoms with van der Waals surface area (Å²) in [5.74, 6) is -0.769. The van der Waals surface area contributed by atoms with Gasteiger partial charge in [-0.15, -0.1) is 0 Å². The minimum absolute atomic E-state index is 0.182. The highest BCUT2D eigenvalue weighted by molar-refractivity contribution is 6.31. The lowest BCUT2D eigenvalue weighted by atomic mass is 10.2. The number of esters is 1. The van der Waals surface area contributed by atoms with Crippen LogP contribution in [0.3, 0.4) is 0 Å². The molecule has 0 spiro atoms. The third-order valence-electron chi connectivity index (χ3n) is 4.22. The first-order valence-corrected chi connectivity index (χ1v) is 8.94. The van der Waals surface area contributed by atoms with E-state index in [1.54, 1.807) is 37.3 Å². The van der Waals surface area contributed by atoms with Crippen LogP contribution in [0.5, 0.6) is 5.75 Å². The molecule has 0 saturated heterocycles. The van der Waals surface area contributed by atoms with Crippen LogP contribution in [0.1, 0.15) is 16.1 Å². The van der Waals surface area contributed by atoms with Crippen molar-refractivity contribution in [3.05, 3.63) is 63.0 Å². The number of fused-ring (bicyclic) bond motifs is 1. The average molecular weight is 416 g/mol. The Labute approximate surface area is 171 Å². The van der Waals surface area contributed by atoms with E-state index in [-0.39, 0.29) is 23.1 Å². The molecule has 0 bridgehead atoms. The zero-order chi connectivity index (χ0) is 21.1. The number of carbonyl (C=O) groups excluding carboxylic acids is 2. The number of ether oxygens (including phenoxy) is 2. The van der Waals surface area contributed by atoms with Crippen molar-refractivity contribution in [2.45, 2.75) is 13.5 Å². The molecular formula is C20H18ClN3O5. The standard InChI is InChI=1S/C20H18ClN3O5/c1-11-4-6-13-18(26)14(20(27)29-3)9-24(19(13)22-11)10-17(25)23-15-8-12(21)5-7-16(15)28-2/h4-9H,10H2,1-3H3,(H,23,25). The van der Waals surface area contributed by atoms with Gasteiger partial charge in [-0.05, 0) is 37.3 Å². The smallest absolute Gasteiger partial charge is 0.343 e. The fraction of sp³-hybridized carbons (Fsp3) is 0.200. The molecule has 0 saturated carbocycles. The SMILES string of the molecule is COC(=O)c1cn(CC(=O)Nc2cc(Cl)ccc2OC)c2nc(C)ccc2c1=O. The van der Waals surface area contributed by atoms with E-state index in [2.05, 4.69) is 15.0 Å². The molecule has 0 aliphatic heterocycles. The maximum absolute atomic E-state index is 12.7. The highest BCUT2D eigenvalue weighted by Gasteiger charge is 2.18. The zero-order valence-corrected chi connectivity index (χ0v) is 16.7. The van der Waals surface area contributed by atoms with Gasteiger partial charge in [0.2, 0.25) is 11.3 Å². The van der Waals surface area contributed by atoms with Crippen molar-refractivity contribution in [2.24, 2.45) is 0 Å². The van der Waals surface area contributed by atoms with Gasteiger partial charge in [0, 0.05) is 16.9 Å². The molecule has 0 radical (unpaired) electrons. The molecule has 0 aliphatic carbocycles. The number of amides is 1. The number of benzene rings is 1. The van der Waals surface area contributed by atoms with Crippen molar-refractivity contribution in [2.75, 3.05) is 19.5 Å². The Morgan fingerprint density at radius 2 is 1.97 bits per heavy atom. The molecule has 1 amide bonds. The lowest BCUT2D eigenvalue weighted by Crippen LogP contribution is -2.25. The van der Waals surface area contributed by atoms with E-state index in [4.69, 9.17) is 16.3 Å². The number of hydrogen-bond donors (Lipinski definition) is 1. The predicted molar refractivity (Wildman–Crippen MR) is 109 cm³/mol. The van der Waals surface area contributed by atoms with E-state index >= 15 is 0 Å². The van der Waals surface area contributed by atoms with Gasteiger partial charge in [0.1, 0.15) is 23.5 Å². The average Bonchev–Trinajstić information content (AvgIpc) is 2.69. The summed E-state index contributed by atoms with van der Waals surface area (Å²) < 4.78 is 11.3. The molecule has 3 aromatic rings. The van der Waals surface area contributed by atoms with Crippen LogP contribution >= 0.6 is 11.6 Å². The largest absolute Gasteiger partial charge is 0.495 e. The van der Waals surface area contributed by atoms with E-state index in [9.17, 15) is 14.4 Å². The fourth-order valence-corrected chi connectivity index (χ4v) is 3.03. The Balaban J connectivity index is 2.03. The van der Waals surface area contributed by atoms with Crippen LogP contribution < -0.4 is 15.5 Å². The summed E-state index contributed by atoms with van der Waals surface area (Å²) in [5.41, 5.74) is 0.656. The van der Waals surface area contributed by atoms with Crippen molar-refractivity contribution in [1.82, 2.24) is 9.55 Å². The minimum Gasteiger partial charge on any atom is -0.495 e. The topological polar surface area (TPSA) is 99.5 Å². The van der Waals surface area contributed by atoms with Gasteiger partial charge >= 0.3 is 5.97 Å². The van der Waals surface area contributed by atoms with Gasteiger partial charge < -0.3 is 19.4 Å². The van der Waals surface area contributed by atoms with Crippen molar-refractivity contribution >= 4 is 40.2 Å². The maximum atomic E-state index is 12.7. The number of pyridine rings is 2. The molecule has 9 heteroatoms. The molecule has 0 unspecified atom stereocenters. The van der Waals surface area contributed by atoms with E-state index < -0.39 is 17.3 Å². The molecule has 1 aromatic carbocycles. The molecular weight excluding hydrogens is 398 g/mol. The number of nitrogens with one attached hydrogen (secondary N) is 1. The van der Waals surface area contributed by atoms with Crippen molar-refractivity contribution in [3.8, 4) is 5.75 Å². The van der Waals surface area contributed by atoms with E-state index in [0.29, 0.717) is 22.2 Å². The number of carbonyl (C=O) groups is 2. The number of halogens is 1. The van der Waals surface area contributed by atoms with Crippen LogP contribution in [0.4, 0.5) is 5.69 Å². The molecule has 0 atom stereocenters. The van der Waals surface area contributed by atoms with Gasteiger partial charge in [0.25, 0.3) is 0 Å². The van der Waals surface area contributed by atoms with Crippen molar-refractivity contribution in [3.63, 3.8) is 0 Å². The quantitative estimate of drug-likeness (QED) is 0.643. The summed E-state index contributed by atoms with van der Waals surface area (Å²) in [4.78, 5) is 41.6. The van der Waals surface area contributed by atoms with Crippen molar-refractivity contribution in [1.29, 1.82) is 0 Å². The fourth-order valence-electron chi connectivity index (χ4n) is 2.86. The Morgan fingerprint density at radius 1 is 1.21 bits per heavy atom. The van der Waals surface area contributed by atoms with Crippen LogP contribution in [-0.4, -0.2) is 35.6 Å². The molecule has 3 rings (SSSR count). The van der Waals surface area contributed by atoms with Crippen LogP contribution in [0.2, 0.25) is 5.02 Å². The number of methoxy groups -OCH3 is 2. The third-order valence-corrected chi connectivity index (χ3v) is 4.45. The van der Waals surface area contributed by atoms with E-state index in [1.807, 2.05) is 0 Å². The number of aryl methyl sites for hydroxylation is 1. The number of nitrogens with zero attached hydrogens (tertiary/aromatic N) is 2.